The molecule has 0 bridgehead atoms. The lowest BCUT2D eigenvalue weighted by molar-refractivity contribution is 0.101. The third kappa shape index (κ3) is 6.62. The van der Waals surface area contributed by atoms with Crippen LogP contribution in [0.3, 0.4) is 0 Å². The fourth-order valence-corrected chi connectivity index (χ4v) is 0.731. The summed E-state index contributed by atoms with van der Waals surface area (Å²) in [4.78, 5) is 0. The van der Waals surface area contributed by atoms with Gasteiger partial charge in [-0.05, 0) is 18.3 Å². The molecule has 0 amide bonds. The van der Waals surface area contributed by atoms with E-state index >= 15 is 0 Å². The molecule has 0 saturated carbocycles. The Morgan fingerprint density at radius 2 is 1.75 bits per heavy atom. The van der Waals surface area contributed by atoms with Gasteiger partial charge >= 0.3 is 0 Å². The maximum Gasteiger partial charge on any atom is 0.0619 e. The van der Waals surface area contributed by atoms with Crippen molar-refractivity contribution >= 4 is 0 Å². The molecule has 0 saturated heterocycles. The fraction of sp³-hybridized carbons (Fsp3) is 1.00. The molecular formula is C10H23NO. The third-order valence-corrected chi connectivity index (χ3v) is 2.01. The van der Waals surface area contributed by atoms with Crippen LogP contribution in [-0.2, 0) is 4.74 Å². The van der Waals surface area contributed by atoms with Crippen LogP contribution in [0.25, 0.3) is 0 Å². The SMILES string of the molecule is CC(C)CCOCC(N)C(C)C. The Hall–Kier alpha value is -0.0800. The smallest absolute Gasteiger partial charge is 0.0619 e. The highest BCUT2D eigenvalue weighted by Crippen LogP contribution is 2.02. The molecule has 2 heteroatoms. The van der Waals surface area contributed by atoms with Crippen LogP contribution in [0.1, 0.15) is 34.1 Å². The van der Waals surface area contributed by atoms with E-state index in [9.17, 15) is 0 Å². The van der Waals surface area contributed by atoms with Crippen molar-refractivity contribution in [3.8, 4) is 0 Å². The van der Waals surface area contributed by atoms with Crippen LogP contribution in [0.5, 0.6) is 0 Å². The van der Waals surface area contributed by atoms with E-state index in [1.165, 1.54) is 0 Å². The molecule has 0 rings (SSSR count). The Morgan fingerprint density at radius 1 is 1.17 bits per heavy atom. The van der Waals surface area contributed by atoms with Gasteiger partial charge in [-0.3, -0.25) is 0 Å². The molecule has 0 aromatic heterocycles. The van der Waals surface area contributed by atoms with Crippen molar-refractivity contribution in [2.24, 2.45) is 17.6 Å². The maximum atomic E-state index is 5.81. The number of hydrogen-bond acceptors (Lipinski definition) is 2. The lowest BCUT2D eigenvalue weighted by Gasteiger charge is -2.15. The van der Waals surface area contributed by atoms with Crippen LogP contribution in [0.2, 0.25) is 0 Å². The van der Waals surface area contributed by atoms with Crippen LogP contribution < -0.4 is 5.73 Å². The highest BCUT2D eigenvalue weighted by molar-refractivity contribution is 4.63. The topological polar surface area (TPSA) is 35.2 Å². The summed E-state index contributed by atoms with van der Waals surface area (Å²) in [7, 11) is 0. The van der Waals surface area contributed by atoms with E-state index in [1.807, 2.05) is 0 Å². The predicted molar refractivity (Wildman–Crippen MR) is 53.1 cm³/mol. The Kier molecular flexibility index (Phi) is 6.39. The standard InChI is InChI=1S/C10H23NO/c1-8(2)5-6-12-7-10(11)9(3)4/h8-10H,5-7,11H2,1-4H3. The number of rotatable bonds is 6. The summed E-state index contributed by atoms with van der Waals surface area (Å²) in [5, 5.41) is 0. The summed E-state index contributed by atoms with van der Waals surface area (Å²) in [6.45, 7) is 10.2. The first-order valence-corrected chi connectivity index (χ1v) is 4.87. The summed E-state index contributed by atoms with van der Waals surface area (Å²) in [6.07, 6.45) is 1.13. The lowest BCUT2D eigenvalue weighted by Crippen LogP contribution is -2.31. The Labute approximate surface area is 76.5 Å². The molecule has 0 aromatic carbocycles. The zero-order chi connectivity index (χ0) is 9.56. The predicted octanol–water partition coefficient (Wildman–Crippen LogP) is 2.03. The van der Waals surface area contributed by atoms with Crippen LogP contribution in [0.4, 0.5) is 0 Å². The largest absolute Gasteiger partial charge is 0.380 e. The van der Waals surface area contributed by atoms with E-state index in [1.54, 1.807) is 0 Å². The Bertz CT molecular complexity index is 102. The van der Waals surface area contributed by atoms with Gasteiger partial charge in [0, 0.05) is 12.6 Å². The maximum absolute atomic E-state index is 5.81. The first-order valence-electron chi connectivity index (χ1n) is 4.87. The molecule has 0 aliphatic rings. The van der Waals surface area contributed by atoms with Crippen LogP contribution in [0, 0.1) is 11.8 Å². The molecule has 0 spiro atoms. The number of hydrogen-bond donors (Lipinski definition) is 1. The van der Waals surface area contributed by atoms with E-state index < -0.39 is 0 Å². The minimum atomic E-state index is 0.192. The van der Waals surface area contributed by atoms with Crippen molar-refractivity contribution in [3.63, 3.8) is 0 Å². The normalized spacial score (nSPS) is 14.2. The van der Waals surface area contributed by atoms with Crippen LogP contribution in [-0.4, -0.2) is 19.3 Å². The number of ether oxygens (including phenoxy) is 1. The van der Waals surface area contributed by atoms with Gasteiger partial charge in [0.15, 0.2) is 0 Å². The van der Waals surface area contributed by atoms with Gasteiger partial charge in [0.1, 0.15) is 0 Å². The summed E-state index contributed by atoms with van der Waals surface area (Å²) < 4.78 is 5.44. The Balaban J connectivity index is 3.20. The molecule has 0 aliphatic carbocycles. The average Bonchev–Trinajstić information content (AvgIpc) is 1.97. The highest BCUT2D eigenvalue weighted by Gasteiger charge is 2.06. The average molecular weight is 173 g/mol. The minimum Gasteiger partial charge on any atom is -0.380 e. The molecule has 1 atom stereocenters. The van der Waals surface area contributed by atoms with E-state index in [4.69, 9.17) is 10.5 Å². The van der Waals surface area contributed by atoms with E-state index in [-0.39, 0.29) is 6.04 Å². The summed E-state index contributed by atoms with van der Waals surface area (Å²) >= 11 is 0. The van der Waals surface area contributed by atoms with Gasteiger partial charge in [-0.15, -0.1) is 0 Å². The van der Waals surface area contributed by atoms with Gasteiger partial charge in [-0.1, -0.05) is 27.7 Å². The van der Waals surface area contributed by atoms with Gasteiger partial charge in [0.25, 0.3) is 0 Å². The molecule has 74 valence electrons. The van der Waals surface area contributed by atoms with Gasteiger partial charge in [-0.25, -0.2) is 0 Å². The van der Waals surface area contributed by atoms with Crippen molar-refractivity contribution in [2.75, 3.05) is 13.2 Å². The summed E-state index contributed by atoms with van der Waals surface area (Å²) in [5.41, 5.74) is 5.81. The van der Waals surface area contributed by atoms with Gasteiger partial charge in [0.05, 0.1) is 6.61 Å². The van der Waals surface area contributed by atoms with Crippen molar-refractivity contribution in [3.05, 3.63) is 0 Å². The molecule has 0 radical (unpaired) electrons. The molecule has 0 heterocycles. The third-order valence-electron chi connectivity index (χ3n) is 2.01. The summed E-state index contributed by atoms with van der Waals surface area (Å²) in [5.74, 6) is 1.24. The van der Waals surface area contributed by atoms with E-state index in [0.717, 1.165) is 18.9 Å². The molecule has 0 fully saturated rings. The minimum absolute atomic E-state index is 0.192. The second-order valence-corrected chi connectivity index (χ2v) is 4.17. The van der Waals surface area contributed by atoms with E-state index in [2.05, 4.69) is 27.7 Å². The monoisotopic (exact) mass is 173 g/mol. The van der Waals surface area contributed by atoms with Crippen molar-refractivity contribution < 1.29 is 4.74 Å². The van der Waals surface area contributed by atoms with Gasteiger partial charge < -0.3 is 10.5 Å². The first kappa shape index (κ1) is 11.9. The Morgan fingerprint density at radius 3 is 2.17 bits per heavy atom. The fourth-order valence-electron chi connectivity index (χ4n) is 0.731. The zero-order valence-electron chi connectivity index (χ0n) is 8.84. The molecule has 2 N–H and O–H groups in total. The highest BCUT2D eigenvalue weighted by atomic mass is 16.5. The van der Waals surface area contributed by atoms with Crippen LogP contribution in [0.15, 0.2) is 0 Å². The molecular weight excluding hydrogens is 150 g/mol. The van der Waals surface area contributed by atoms with E-state index in [0.29, 0.717) is 12.5 Å². The summed E-state index contributed by atoms with van der Waals surface area (Å²) in [6, 6.07) is 0.192. The van der Waals surface area contributed by atoms with Gasteiger partial charge in [-0.2, -0.15) is 0 Å². The molecule has 1 unspecified atom stereocenters. The second-order valence-electron chi connectivity index (χ2n) is 4.17. The van der Waals surface area contributed by atoms with Crippen molar-refractivity contribution in [1.82, 2.24) is 0 Å². The molecule has 2 nitrogen and oxygen atoms in total. The van der Waals surface area contributed by atoms with Crippen LogP contribution >= 0.6 is 0 Å². The molecule has 0 aliphatic heterocycles. The quantitative estimate of drug-likeness (QED) is 0.624. The lowest BCUT2D eigenvalue weighted by atomic mass is 10.1. The number of nitrogens with two attached hydrogens (primary N) is 1. The molecule has 0 aromatic rings. The van der Waals surface area contributed by atoms with Crippen molar-refractivity contribution in [1.29, 1.82) is 0 Å². The first-order chi connectivity index (χ1) is 5.54. The zero-order valence-corrected chi connectivity index (χ0v) is 8.84. The van der Waals surface area contributed by atoms with Gasteiger partial charge in [0.2, 0.25) is 0 Å². The van der Waals surface area contributed by atoms with Crippen molar-refractivity contribution in [2.45, 2.75) is 40.2 Å². The molecule has 12 heavy (non-hydrogen) atoms. The second kappa shape index (κ2) is 6.44.